The van der Waals surface area contributed by atoms with Gasteiger partial charge >= 0.3 is 12.4 Å². The van der Waals surface area contributed by atoms with Crippen LogP contribution in [-0.4, -0.2) is 35.2 Å². The number of nitrogens with two attached hydrogens (primary N) is 1. The number of H-pyrrole nitrogens is 1. The highest BCUT2D eigenvalue weighted by Crippen LogP contribution is 2.39. The summed E-state index contributed by atoms with van der Waals surface area (Å²) in [5, 5.41) is 11.6. The molecule has 0 aliphatic carbocycles. The lowest BCUT2D eigenvalue weighted by molar-refractivity contribution is -0.141. The lowest BCUT2D eigenvalue weighted by Gasteiger charge is -2.15. The molecule has 0 bridgehead atoms. The number of sulfonamides is 1. The Labute approximate surface area is 211 Å². The molecule has 8 nitrogen and oxygen atoms in total. The number of benzene rings is 2. The van der Waals surface area contributed by atoms with Crippen molar-refractivity contribution < 1.29 is 39.5 Å². The number of halogens is 6. The maximum Gasteiger partial charge on any atom is 0.433 e. The van der Waals surface area contributed by atoms with E-state index in [1.807, 2.05) is 0 Å². The molecule has 0 saturated heterocycles. The van der Waals surface area contributed by atoms with Gasteiger partial charge in [0.1, 0.15) is 17.1 Å². The van der Waals surface area contributed by atoms with E-state index >= 15 is 0 Å². The molecule has 0 radical (unpaired) electrons. The first-order valence-corrected chi connectivity index (χ1v) is 12.2. The molecule has 0 aliphatic rings. The third kappa shape index (κ3) is 5.78. The van der Waals surface area contributed by atoms with Gasteiger partial charge in [0.15, 0.2) is 5.82 Å². The molecule has 0 saturated carbocycles. The quantitative estimate of drug-likeness (QED) is 0.311. The number of alkyl halides is 6. The highest BCUT2D eigenvalue weighted by molar-refractivity contribution is 7.89. The second-order valence-corrected chi connectivity index (χ2v) is 9.40. The molecular weight excluding hydrogens is 540 g/mol. The minimum absolute atomic E-state index is 0.0279. The molecule has 0 atom stereocenters. The molecule has 0 amide bonds. The number of nitrogens with one attached hydrogen (secondary N) is 1. The van der Waals surface area contributed by atoms with Gasteiger partial charge in [0, 0.05) is 11.1 Å². The van der Waals surface area contributed by atoms with E-state index in [0.717, 1.165) is 12.1 Å². The average molecular weight is 557 g/mol. The van der Waals surface area contributed by atoms with Crippen LogP contribution in [0, 0.1) is 0 Å². The van der Waals surface area contributed by atoms with Crippen LogP contribution < -0.4 is 9.88 Å². The van der Waals surface area contributed by atoms with Crippen LogP contribution >= 0.6 is 0 Å². The van der Waals surface area contributed by atoms with Gasteiger partial charge in [-0.1, -0.05) is 18.2 Å². The molecule has 4 rings (SSSR count). The first kappa shape index (κ1) is 27.1. The van der Waals surface area contributed by atoms with Crippen molar-refractivity contribution in [2.24, 2.45) is 5.14 Å². The number of nitrogens with zero attached hydrogens (tertiary/aromatic N) is 3. The van der Waals surface area contributed by atoms with Crippen LogP contribution in [0.15, 0.2) is 59.5 Å². The van der Waals surface area contributed by atoms with Crippen molar-refractivity contribution in [3.05, 3.63) is 65.9 Å². The summed E-state index contributed by atoms with van der Waals surface area (Å²) in [6, 6.07) is 9.87. The lowest BCUT2D eigenvalue weighted by Crippen LogP contribution is -2.11. The van der Waals surface area contributed by atoms with E-state index in [1.165, 1.54) is 37.3 Å². The Kier molecular flexibility index (Phi) is 6.92. The second kappa shape index (κ2) is 9.72. The third-order valence-electron chi connectivity index (χ3n) is 5.20. The van der Waals surface area contributed by atoms with Crippen molar-refractivity contribution in [1.82, 2.24) is 20.2 Å². The third-order valence-corrected chi connectivity index (χ3v) is 6.13. The molecule has 0 unspecified atom stereocenters. The van der Waals surface area contributed by atoms with Crippen molar-refractivity contribution in [2.45, 2.75) is 24.2 Å². The van der Waals surface area contributed by atoms with Gasteiger partial charge in [-0.25, -0.2) is 23.5 Å². The first-order valence-electron chi connectivity index (χ1n) is 10.7. The smallest absolute Gasteiger partial charge is 0.433 e. The van der Waals surface area contributed by atoms with Gasteiger partial charge in [-0.15, -0.1) is 0 Å². The Hall–Kier alpha value is -3.98. The van der Waals surface area contributed by atoms with Crippen molar-refractivity contribution in [3.63, 3.8) is 0 Å². The lowest BCUT2D eigenvalue weighted by atomic mass is 10.1. The van der Waals surface area contributed by atoms with Crippen LogP contribution in [0.1, 0.15) is 18.2 Å². The number of hydrogen-bond acceptors (Lipinski definition) is 6. The summed E-state index contributed by atoms with van der Waals surface area (Å²) in [5.74, 6) is -0.981. The number of ether oxygens (including phenoxy) is 1. The van der Waals surface area contributed by atoms with E-state index in [-0.39, 0.29) is 34.1 Å². The van der Waals surface area contributed by atoms with E-state index in [1.54, 1.807) is 0 Å². The largest absolute Gasteiger partial charge is 0.493 e. The van der Waals surface area contributed by atoms with E-state index in [0.29, 0.717) is 17.7 Å². The summed E-state index contributed by atoms with van der Waals surface area (Å²) in [4.78, 5) is 7.53. The molecule has 3 N–H and O–H groups in total. The highest BCUT2D eigenvalue weighted by atomic mass is 32.2. The van der Waals surface area contributed by atoms with Gasteiger partial charge in [0.2, 0.25) is 10.0 Å². The van der Waals surface area contributed by atoms with Gasteiger partial charge in [-0.05, 0) is 43.3 Å². The zero-order valence-corrected chi connectivity index (χ0v) is 20.0. The molecular formula is C23H17F6N5O3S. The fourth-order valence-corrected chi connectivity index (χ4v) is 3.97. The molecule has 4 aromatic rings. The van der Waals surface area contributed by atoms with Crippen molar-refractivity contribution in [2.75, 3.05) is 6.61 Å². The summed E-state index contributed by atoms with van der Waals surface area (Å²) in [7, 11) is -3.93. The Morgan fingerprint density at radius 3 is 2.11 bits per heavy atom. The van der Waals surface area contributed by atoms with Crippen LogP contribution in [0.4, 0.5) is 26.3 Å². The van der Waals surface area contributed by atoms with Gasteiger partial charge in [-0.3, -0.25) is 5.10 Å². The molecule has 200 valence electrons. The number of hydrogen-bond donors (Lipinski definition) is 2. The van der Waals surface area contributed by atoms with Crippen LogP contribution in [0.3, 0.4) is 0 Å². The van der Waals surface area contributed by atoms with Gasteiger partial charge in [0.25, 0.3) is 0 Å². The monoisotopic (exact) mass is 557 g/mol. The summed E-state index contributed by atoms with van der Waals surface area (Å²) < 4.78 is 109. The molecule has 0 fully saturated rings. The number of aromatic nitrogens is 4. The van der Waals surface area contributed by atoms with Crippen LogP contribution in [0.25, 0.3) is 34.0 Å². The van der Waals surface area contributed by atoms with Gasteiger partial charge in [-0.2, -0.15) is 31.4 Å². The van der Waals surface area contributed by atoms with E-state index in [4.69, 9.17) is 9.88 Å². The van der Waals surface area contributed by atoms with Gasteiger partial charge in [0.05, 0.1) is 28.5 Å². The molecule has 0 spiro atoms. The fourth-order valence-electron chi connectivity index (χ4n) is 3.45. The van der Waals surface area contributed by atoms with Gasteiger partial charge < -0.3 is 4.74 Å². The van der Waals surface area contributed by atoms with Crippen LogP contribution in [0.5, 0.6) is 5.75 Å². The maximum atomic E-state index is 13.7. The van der Waals surface area contributed by atoms with E-state index < -0.39 is 45.2 Å². The molecule has 2 aromatic heterocycles. The Balaban J connectivity index is 1.79. The Morgan fingerprint density at radius 2 is 1.53 bits per heavy atom. The number of rotatable bonds is 6. The minimum Gasteiger partial charge on any atom is -0.493 e. The predicted molar refractivity (Wildman–Crippen MR) is 123 cm³/mol. The van der Waals surface area contributed by atoms with Crippen molar-refractivity contribution >= 4 is 10.0 Å². The van der Waals surface area contributed by atoms with E-state index in [9.17, 15) is 34.8 Å². The Morgan fingerprint density at radius 1 is 0.868 bits per heavy atom. The molecule has 2 aromatic carbocycles. The molecule has 0 aliphatic heterocycles. The van der Waals surface area contributed by atoms with E-state index in [2.05, 4.69) is 20.2 Å². The van der Waals surface area contributed by atoms with Crippen LogP contribution in [-0.2, 0) is 22.4 Å². The summed E-state index contributed by atoms with van der Waals surface area (Å²) >= 11 is 0. The predicted octanol–water partition coefficient (Wildman–Crippen LogP) is 5.28. The standard InChI is InChI=1S/C23H17F6N5O3S/c1-2-37-19-9-13(5-8-15(19)22(24,25)26)16-11-20(23(27,28)29)32-21(31-16)18-10-17(33-34-18)12-3-6-14(7-4-12)38(30,35)36/h3-11H,2H2,1H3,(H,33,34)(H2,30,35,36). The highest BCUT2D eigenvalue weighted by Gasteiger charge is 2.36. The molecule has 15 heteroatoms. The van der Waals surface area contributed by atoms with Crippen molar-refractivity contribution in [3.8, 4) is 39.8 Å². The SMILES string of the molecule is CCOc1cc(-c2cc(C(F)(F)F)nc(-c3cc(-c4ccc(S(N)(=O)=O)cc4)n[nH]3)n2)ccc1C(F)(F)F. The number of aromatic amines is 1. The second-order valence-electron chi connectivity index (χ2n) is 7.84. The normalized spacial score (nSPS) is 12.5. The maximum absolute atomic E-state index is 13.7. The molecule has 38 heavy (non-hydrogen) atoms. The summed E-state index contributed by atoms with van der Waals surface area (Å²) in [6.45, 7) is 1.36. The van der Waals surface area contributed by atoms with Crippen molar-refractivity contribution in [1.29, 1.82) is 0 Å². The average Bonchev–Trinajstić information content (AvgIpc) is 3.33. The zero-order valence-electron chi connectivity index (χ0n) is 19.2. The number of primary sulfonamides is 1. The topological polar surface area (TPSA) is 124 Å². The minimum atomic E-state index is -4.90. The molecule has 2 heterocycles. The summed E-state index contributed by atoms with van der Waals surface area (Å²) in [5.41, 5.74) is -2.16. The first-order chi connectivity index (χ1) is 17.7. The summed E-state index contributed by atoms with van der Waals surface area (Å²) in [6.07, 6.45) is -9.64. The Bertz CT molecular complexity index is 1580. The van der Waals surface area contributed by atoms with Crippen LogP contribution in [0.2, 0.25) is 0 Å². The fraction of sp³-hybridized carbons (Fsp3) is 0.174. The zero-order chi connectivity index (χ0) is 27.9.